The molecule has 2 aromatic rings. The van der Waals surface area contributed by atoms with Crippen LogP contribution in [0.1, 0.15) is 49.0 Å². The van der Waals surface area contributed by atoms with Gasteiger partial charge in [0.1, 0.15) is 5.69 Å². The van der Waals surface area contributed by atoms with Crippen molar-refractivity contribution in [3.63, 3.8) is 0 Å². The van der Waals surface area contributed by atoms with E-state index in [0.717, 1.165) is 24.2 Å². The van der Waals surface area contributed by atoms with Crippen LogP contribution in [-0.2, 0) is 4.74 Å². The van der Waals surface area contributed by atoms with Crippen molar-refractivity contribution < 1.29 is 9.53 Å². The maximum atomic E-state index is 13.4. The van der Waals surface area contributed by atoms with Crippen molar-refractivity contribution in [3.8, 4) is 11.3 Å². The standard InChI is InChI=1S/C23H33N5O2/c1-30-14-6-13-28(17-19-8-5-12-27-11-3-2-9-22(19)27)23(29)21-15-20(25-26-21)18-7-4-10-24-16-18/h4,7,10,15-16,19,22H,2-3,5-6,8-9,11-14,17H2,1H3,(H,25,26)/t19-,22-/m1/s1. The van der Waals surface area contributed by atoms with Crippen LogP contribution >= 0.6 is 0 Å². The number of aromatic nitrogens is 3. The number of fused-ring (bicyclic) bond motifs is 1. The Morgan fingerprint density at radius 2 is 2.20 bits per heavy atom. The first-order valence-electron chi connectivity index (χ1n) is 11.2. The van der Waals surface area contributed by atoms with Crippen molar-refractivity contribution in [3.05, 3.63) is 36.3 Å². The van der Waals surface area contributed by atoms with Crippen molar-refractivity contribution in [1.82, 2.24) is 25.0 Å². The summed E-state index contributed by atoms with van der Waals surface area (Å²) in [6, 6.07) is 6.30. The number of hydrogen-bond acceptors (Lipinski definition) is 5. The van der Waals surface area contributed by atoms with E-state index in [2.05, 4.69) is 20.1 Å². The fourth-order valence-corrected chi connectivity index (χ4v) is 5.01. The molecular formula is C23H33N5O2. The van der Waals surface area contributed by atoms with Gasteiger partial charge in [-0.2, -0.15) is 5.10 Å². The summed E-state index contributed by atoms with van der Waals surface area (Å²) in [7, 11) is 1.71. The first-order valence-corrected chi connectivity index (χ1v) is 11.2. The molecule has 0 bridgehead atoms. The Kier molecular flexibility index (Phi) is 7.12. The Bertz CT molecular complexity index is 807. The maximum absolute atomic E-state index is 13.4. The minimum absolute atomic E-state index is 0.0293. The van der Waals surface area contributed by atoms with E-state index < -0.39 is 0 Å². The average Bonchev–Trinajstić information content (AvgIpc) is 3.29. The fourth-order valence-electron chi connectivity index (χ4n) is 5.01. The summed E-state index contributed by atoms with van der Waals surface area (Å²) in [6.45, 7) is 4.61. The molecule has 1 N–H and O–H groups in total. The van der Waals surface area contributed by atoms with Crippen molar-refractivity contribution in [2.45, 2.75) is 44.6 Å². The van der Waals surface area contributed by atoms with Crippen molar-refractivity contribution >= 4 is 5.91 Å². The van der Waals surface area contributed by atoms with Gasteiger partial charge in [0.05, 0.1) is 5.69 Å². The number of pyridine rings is 1. The first kappa shape index (κ1) is 21.0. The van der Waals surface area contributed by atoms with Gasteiger partial charge >= 0.3 is 0 Å². The van der Waals surface area contributed by atoms with Gasteiger partial charge in [0, 0.05) is 50.8 Å². The molecule has 0 aromatic carbocycles. The Morgan fingerprint density at radius 3 is 3.03 bits per heavy atom. The molecule has 2 saturated heterocycles. The molecule has 0 unspecified atom stereocenters. The van der Waals surface area contributed by atoms with Crippen LogP contribution in [0.2, 0.25) is 0 Å². The van der Waals surface area contributed by atoms with Gasteiger partial charge in [0.25, 0.3) is 5.91 Å². The van der Waals surface area contributed by atoms with Crippen molar-refractivity contribution in [2.75, 3.05) is 39.9 Å². The lowest BCUT2D eigenvalue weighted by atomic mass is 9.83. The van der Waals surface area contributed by atoms with Gasteiger partial charge in [-0.25, -0.2) is 0 Å². The number of hydrogen-bond donors (Lipinski definition) is 1. The second-order valence-corrected chi connectivity index (χ2v) is 8.51. The van der Waals surface area contributed by atoms with Gasteiger partial charge in [-0.15, -0.1) is 0 Å². The molecular weight excluding hydrogens is 378 g/mol. The van der Waals surface area contributed by atoms with Crippen LogP contribution in [0.4, 0.5) is 0 Å². The lowest BCUT2D eigenvalue weighted by molar-refractivity contribution is 0.0344. The van der Waals surface area contributed by atoms with E-state index in [1.54, 1.807) is 19.5 Å². The SMILES string of the molecule is COCCCN(C[C@H]1CCCN2CCCC[C@H]12)C(=O)c1cc(-c2cccnc2)n[nH]1. The van der Waals surface area contributed by atoms with E-state index in [1.807, 2.05) is 23.1 Å². The number of carbonyl (C=O) groups is 1. The number of nitrogens with zero attached hydrogens (tertiary/aromatic N) is 4. The normalized spacial score (nSPS) is 21.9. The van der Waals surface area contributed by atoms with Crippen LogP contribution in [0.25, 0.3) is 11.3 Å². The van der Waals surface area contributed by atoms with Crippen LogP contribution in [0.15, 0.2) is 30.6 Å². The number of amides is 1. The number of nitrogens with one attached hydrogen (secondary N) is 1. The number of H-pyrrole nitrogens is 1. The Morgan fingerprint density at radius 1 is 1.30 bits per heavy atom. The number of carbonyl (C=O) groups excluding carboxylic acids is 1. The largest absolute Gasteiger partial charge is 0.385 e. The summed E-state index contributed by atoms with van der Waals surface area (Å²) >= 11 is 0. The molecule has 2 aliphatic rings. The Hall–Kier alpha value is -2.25. The minimum atomic E-state index is 0.0293. The predicted molar refractivity (Wildman–Crippen MR) is 116 cm³/mol. The van der Waals surface area contributed by atoms with Crippen LogP contribution in [0.3, 0.4) is 0 Å². The third kappa shape index (κ3) is 4.90. The first-order chi connectivity index (χ1) is 14.8. The molecule has 7 nitrogen and oxygen atoms in total. The maximum Gasteiger partial charge on any atom is 0.271 e. The summed E-state index contributed by atoms with van der Waals surface area (Å²) in [5.74, 6) is 0.577. The molecule has 0 spiro atoms. The van der Waals surface area contributed by atoms with E-state index in [9.17, 15) is 4.79 Å². The molecule has 1 amide bonds. The molecule has 4 heterocycles. The zero-order valence-corrected chi connectivity index (χ0v) is 17.9. The number of ether oxygens (including phenoxy) is 1. The molecule has 2 aromatic heterocycles. The van der Waals surface area contributed by atoms with E-state index in [0.29, 0.717) is 30.8 Å². The number of methoxy groups -OCH3 is 1. The highest BCUT2D eigenvalue weighted by Gasteiger charge is 2.35. The lowest BCUT2D eigenvalue weighted by Gasteiger charge is -2.45. The summed E-state index contributed by atoms with van der Waals surface area (Å²) in [6.07, 6.45) is 10.7. The monoisotopic (exact) mass is 411 g/mol. The van der Waals surface area contributed by atoms with Gasteiger partial charge < -0.3 is 14.5 Å². The Balaban J connectivity index is 1.48. The quantitative estimate of drug-likeness (QED) is 0.675. The molecule has 162 valence electrons. The van der Waals surface area contributed by atoms with Gasteiger partial charge in [-0.3, -0.25) is 14.9 Å². The second-order valence-electron chi connectivity index (χ2n) is 8.51. The van der Waals surface area contributed by atoms with Crippen LogP contribution in [0, 0.1) is 5.92 Å². The number of aromatic amines is 1. The van der Waals surface area contributed by atoms with Crippen molar-refractivity contribution in [1.29, 1.82) is 0 Å². The minimum Gasteiger partial charge on any atom is -0.385 e. The zero-order valence-electron chi connectivity index (χ0n) is 17.9. The van der Waals surface area contributed by atoms with Gasteiger partial charge in [-0.1, -0.05) is 6.42 Å². The van der Waals surface area contributed by atoms with Gasteiger partial charge in [-0.05, 0) is 69.3 Å². The molecule has 7 heteroatoms. The predicted octanol–water partition coefficient (Wildman–Crippen LogP) is 3.21. The summed E-state index contributed by atoms with van der Waals surface area (Å²) in [4.78, 5) is 22.2. The molecule has 0 saturated carbocycles. The smallest absolute Gasteiger partial charge is 0.271 e. The third-order valence-corrected chi connectivity index (χ3v) is 6.51. The van der Waals surface area contributed by atoms with E-state index in [-0.39, 0.29) is 5.91 Å². The molecule has 4 rings (SSSR count). The van der Waals surface area contributed by atoms with Crippen LogP contribution in [0.5, 0.6) is 0 Å². The number of rotatable bonds is 8. The molecule has 0 aliphatic carbocycles. The Labute approximate surface area is 178 Å². The zero-order chi connectivity index (χ0) is 20.8. The highest BCUT2D eigenvalue weighted by Crippen LogP contribution is 2.31. The molecule has 0 radical (unpaired) electrons. The van der Waals surface area contributed by atoms with Crippen LogP contribution in [-0.4, -0.2) is 76.8 Å². The summed E-state index contributed by atoms with van der Waals surface area (Å²) in [5, 5.41) is 7.31. The highest BCUT2D eigenvalue weighted by molar-refractivity contribution is 5.93. The molecule has 2 aliphatic heterocycles. The number of piperidine rings is 2. The highest BCUT2D eigenvalue weighted by atomic mass is 16.5. The summed E-state index contributed by atoms with van der Waals surface area (Å²) < 4.78 is 5.24. The van der Waals surface area contributed by atoms with E-state index >= 15 is 0 Å². The fraction of sp³-hybridized carbons (Fsp3) is 0.609. The van der Waals surface area contributed by atoms with E-state index in [1.165, 1.54) is 45.2 Å². The van der Waals surface area contributed by atoms with Crippen LogP contribution < -0.4 is 0 Å². The molecule has 2 atom stereocenters. The van der Waals surface area contributed by atoms with Crippen molar-refractivity contribution in [2.24, 2.45) is 5.92 Å². The van der Waals surface area contributed by atoms with E-state index in [4.69, 9.17) is 4.74 Å². The molecule has 2 fully saturated rings. The van der Waals surface area contributed by atoms with Gasteiger partial charge in [0.2, 0.25) is 0 Å². The second kappa shape index (κ2) is 10.2. The average molecular weight is 412 g/mol. The lowest BCUT2D eigenvalue weighted by Crippen LogP contribution is -2.51. The topological polar surface area (TPSA) is 74.3 Å². The summed E-state index contributed by atoms with van der Waals surface area (Å²) in [5.41, 5.74) is 2.20. The van der Waals surface area contributed by atoms with Gasteiger partial charge in [0.15, 0.2) is 0 Å². The third-order valence-electron chi connectivity index (χ3n) is 6.51. The molecule has 30 heavy (non-hydrogen) atoms.